The lowest BCUT2D eigenvalue weighted by Crippen LogP contribution is -2.40. The summed E-state index contributed by atoms with van der Waals surface area (Å²) in [4.78, 5) is 12.3. The van der Waals surface area contributed by atoms with Crippen LogP contribution in [0.5, 0.6) is 11.5 Å². The van der Waals surface area contributed by atoms with Crippen LogP contribution < -0.4 is 14.8 Å². The Morgan fingerprint density at radius 1 is 1.22 bits per heavy atom. The molecule has 23 heavy (non-hydrogen) atoms. The molecule has 1 unspecified atom stereocenters. The predicted molar refractivity (Wildman–Crippen MR) is 81.8 cm³/mol. The monoisotopic (exact) mass is 314 g/mol. The average molecular weight is 314 g/mol. The Morgan fingerprint density at radius 3 is 2.96 bits per heavy atom. The van der Waals surface area contributed by atoms with Crippen LogP contribution in [0.4, 0.5) is 0 Å². The zero-order valence-electron chi connectivity index (χ0n) is 12.7. The van der Waals surface area contributed by atoms with E-state index in [-0.39, 0.29) is 12.0 Å². The van der Waals surface area contributed by atoms with Crippen LogP contribution in [0.3, 0.4) is 0 Å². The molecule has 4 rings (SSSR count). The normalized spacial score (nSPS) is 19.0. The van der Waals surface area contributed by atoms with Gasteiger partial charge in [0.15, 0.2) is 11.5 Å². The van der Waals surface area contributed by atoms with E-state index in [1.165, 1.54) is 0 Å². The van der Waals surface area contributed by atoms with Gasteiger partial charge in [-0.15, -0.1) is 0 Å². The lowest BCUT2D eigenvalue weighted by atomic mass is 9.96. The minimum atomic E-state index is -0.233. The first kappa shape index (κ1) is 14.1. The highest BCUT2D eigenvalue weighted by atomic mass is 16.6. The Labute approximate surface area is 133 Å². The Bertz CT molecular complexity index is 725. The number of hydrogen-bond donors (Lipinski definition) is 1. The van der Waals surface area contributed by atoms with E-state index in [0.717, 1.165) is 42.7 Å². The summed E-state index contributed by atoms with van der Waals surface area (Å²) in [5.41, 5.74) is 1.88. The van der Waals surface area contributed by atoms with Gasteiger partial charge in [0.2, 0.25) is 5.76 Å². The standard InChI is InChI=1S/C17H18N2O4/c20-17(16-12-5-1-2-6-13(12)19-23-16)18-9-11-10-21-14-7-3-4-8-15(14)22-11/h3-4,7-8,11H,1-2,5-6,9-10H2,(H,18,20). The van der Waals surface area contributed by atoms with E-state index in [4.69, 9.17) is 14.0 Å². The van der Waals surface area contributed by atoms with Crippen molar-refractivity contribution in [1.82, 2.24) is 10.5 Å². The van der Waals surface area contributed by atoms with Crippen LogP contribution in [-0.2, 0) is 12.8 Å². The van der Waals surface area contributed by atoms with Gasteiger partial charge in [0.05, 0.1) is 12.2 Å². The molecular formula is C17H18N2O4. The maximum atomic E-state index is 12.3. The molecule has 1 aliphatic carbocycles. The first-order valence-electron chi connectivity index (χ1n) is 7.95. The Kier molecular flexibility index (Phi) is 3.65. The largest absolute Gasteiger partial charge is 0.486 e. The number of ether oxygens (including phenoxy) is 2. The van der Waals surface area contributed by atoms with Gasteiger partial charge in [0, 0.05) is 5.56 Å². The zero-order chi connectivity index (χ0) is 15.6. The topological polar surface area (TPSA) is 73.6 Å². The fourth-order valence-electron chi connectivity index (χ4n) is 3.02. The third kappa shape index (κ3) is 2.76. The van der Waals surface area contributed by atoms with Gasteiger partial charge >= 0.3 is 0 Å². The van der Waals surface area contributed by atoms with Crippen LogP contribution in [0, 0.1) is 0 Å². The minimum Gasteiger partial charge on any atom is -0.486 e. The summed E-state index contributed by atoms with van der Waals surface area (Å²) in [6, 6.07) is 7.52. The molecule has 1 aromatic carbocycles. The van der Waals surface area contributed by atoms with Crippen molar-refractivity contribution in [2.75, 3.05) is 13.2 Å². The summed E-state index contributed by atoms with van der Waals surface area (Å²) >= 11 is 0. The molecule has 0 spiro atoms. The summed E-state index contributed by atoms with van der Waals surface area (Å²) in [6.07, 6.45) is 3.71. The van der Waals surface area contributed by atoms with Crippen molar-refractivity contribution in [3.05, 3.63) is 41.3 Å². The van der Waals surface area contributed by atoms with E-state index in [1.54, 1.807) is 0 Å². The number of rotatable bonds is 3. The Balaban J connectivity index is 1.38. The molecule has 1 aromatic heterocycles. The second kappa shape index (κ2) is 5.95. The summed E-state index contributed by atoms with van der Waals surface area (Å²) in [7, 11) is 0. The SMILES string of the molecule is O=C(NCC1COc2ccccc2O1)c1onc2c1CCCC2. The van der Waals surface area contributed by atoms with E-state index >= 15 is 0 Å². The number of carbonyl (C=O) groups excluding carboxylic acids is 1. The number of para-hydroxylation sites is 2. The quantitative estimate of drug-likeness (QED) is 0.939. The highest BCUT2D eigenvalue weighted by Gasteiger charge is 2.26. The molecule has 6 nitrogen and oxygen atoms in total. The Hall–Kier alpha value is -2.50. The van der Waals surface area contributed by atoms with Crippen LogP contribution in [0.1, 0.15) is 34.7 Å². The number of amides is 1. The van der Waals surface area contributed by atoms with Crippen molar-refractivity contribution < 1.29 is 18.8 Å². The predicted octanol–water partition coefficient (Wildman–Crippen LogP) is 2.12. The highest BCUT2D eigenvalue weighted by Crippen LogP contribution is 2.30. The number of carbonyl (C=O) groups is 1. The molecule has 2 aromatic rings. The number of aromatic nitrogens is 1. The second-order valence-electron chi connectivity index (χ2n) is 5.85. The number of benzene rings is 1. The molecule has 1 aliphatic heterocycles. The van der Waals surface area contributed by atoms with Gasteiger partial charge in [0.25, 0.3) is 5.91 Å². The third-order valence-corrected chi connectivity index (χ3v) is 4.22. The first-order chi connectivity index (χ1) is 11.3. The lowest BCUT2D eigenvalue weighted by Gasteiger charge is -2.26. The highest BCUT2D eigenvalue weighted by molar-refractivity contribution is 5.93. The van der Waals surface area contributed by atoms with Crippen LogP contribution >= 0.6 is 0 Å². The van der Waals surface area contributed by atoms with Crippen molar-refractivity contribution in [3.8, 4) is 11.5 Å². The fraction of sp³-hybridized carbons (Fsp3) is 0.412. The number of nitrogens with one attached hydrogen (secondary N) is 1. The molecule has 1 N–H and O–H groups in total. The van der Waals surface area contributed by atoms with Crippen molar-refractivity contribution in [2.24, 2.45) is 0 Å². The lowest BCUT2D eigenvalue weighted by molar-refractivity contribution is 0.0767. The molecule has 2 aliphatic rings. The molecule has 0 bridgehead atoms. The van der Waals surface area contributed by atoms with Crippen LogP contribution in [0.15, 0.2) is 28.8 Å². The molecule has 1 atom stereocenters. The van der Waals surface area contributed by atoms with E-state index in [9.17, 15) is 4.79 Å². The number of aryl methyl sites for hydroxylation is 1. The maximum Gasteiger partial charge on any atom is 0.290 e. The first-order valence-corrected chi connectivity index (χ1v) is 7.95. The van der Waals surface area contributed by atoms with E-state index in [0.29, 0.717) is 24.7 Å². The van der Waals surface area contributed by atoms with Crippen molar-refractivity contribution in [3.63, 3.8) is 0 Å². The third-order valence-electron chi connectivity index (χ3n) is 4.22. The van der Waals surface area contributed by atoms with Gasteiger partial charge in [-0.25, -0.2) is 0 Å². The van der Waals surface area contributed by atoms with Crippen LogP contribution in [0.25, 0.3) is 0 Å². The van der Waals surface area contributed by atoms with E-state index in [1.807, 2.05) is 24.3 Å². The van der Waals surface area contributed by atoms with E-state index in [2.05, 4.69) is 10.5 Å². The average Bonchev–Trinajstić information content (AvgIpc) is 3.03. The van der Waals surface area contributed by atoms with Gasteiger partial charge in [-0.05, 0) is 37.8 Å². The summed E-state index contributed by atoms with van der Waals surface area (Å²) in [5, 5.41) is 6.87. The minimum absolute atomic E-state index is 0.215. The Morgan fingerprint density at radius 2 is 2.04 bits per heavy atom. The van der Waals surface area contributed by atoms with Crippen LogP contribution in [-0.4, -0.2) is 30.3 Å². The van der Waals surface area contributed by atoms with Crippen LogP contribution in [0.2, 0.25) is 0 Å². The van der Waals surface area contributed by atoms with Gasteiger partial charge in [0.1, 0.15) is 12.7 Å². The molecule has 0 saturated heterocycles. The molecule has 120 valence electrons. The molecule has 0 radical (unpaired) electrons. The van der Waals surface area contributed by atoms with Gasteiger partial charge < -0.3 is 19.3 Å². The molecule has 2 heterocycles. The number of fused-ring (bicyclic) bond motifs is 2. The fourth-order valence-corrected chi connectivity index (χ4v) is 3.02. The molecule has 1 amide bonds. The molecule has 0 saturated carbocycles. The van der Waals surface area contributed by atoms with Gasteiger partial charge in [-0.3, -0.25) is 4.79 Å². The summed E-state index contributed by atoms with van der Waals surface area (Å²) < 4.78 is 16.7. The number of nitrogens with zero attached hydrogens (tertiary/aromatic N) is 1. The van der Waals surface area contributed by atoms with Crippen molar-refractivity contribution in [1.29, 1.82) is 0 Å². The second-order valence-corrected chi connectivity index (χ2v) is 5.85. The van der Waals surface area contributed by atoms with Gasteiger partial charge in [-0.1, -0.05) is 17.3 Å². The zero-order valence-corrected chi connectivity index (χ0v) is 12.7. The number of hydrogen-bond acceptors (Lipinski definition) is 5. The molecule has 0 fully saturated rings. The smallest absolute Gasteiger partial charge is 0.290 e. The van der Waals surface area contributed by atoms with Gasteiger partial charge in [-0.2, -0.15) is 0 Å². The molecule has 6 heteroatoms. The van der Waals surface area contributed by atoms with Crippen molar-refractivity contribution in [2.45, 2.75) is 31.8 Å². The van der Waals surface area contributed by atoms with Crippen molar-refractivity contribution >= 4 is 5.91 Å². The summed E-state index contributed by atoms with van der Waals surface area (Å²) in [6.45, 7) is 0.772. The molecular weight excluding hydrogens is 296 g/mol. The summed E-state index contributed by atoms with van der Waals surface area (Å²) in [5.74, 6) is 1.55. The maximum absolute atomic E-state index is 12.3. The van der Waals surface area contributed by atoms with E-state index < -0.39 is 0 Å².